The second-order valence-corrected chi connectivity index (χ2v) is 9.80. The van der Waals surface area contributed by atoms with Crippen molar-refractivity contribution in [2.45, 2.75) is 59.5 Å². The number of rotatable bonds is 6. The molecule has 0 N–H and O–H groups in total. The minimum absolute atomic E-state index is 0.0634. The molecule has 1 amide bonds. The van der Waals surface area contributed by atoms with Crippen molar-refractivity contribution in [2.75, 3.05) is 33.7 Å². The van der Waals surface area contributed by atoms with E-state index in [1.807, 2.05) is 46.7 Å². The van der Waals surface area contributed by atoms with Crippen LogP contribution >= 0.6 is 11.3 Å². The van der Waals surface area contributed by atoms with Gasteiger partial charge < -0.3 is 14.5 Å². The van der Waals surface area contributed by atoms with Crippen molar-refractivity contribution in [3.63, 3.8) is 0 Å². The average molecular weight is 384 g/mol. The van der Waals surface area contributed by atoms with E-state index in [1.54, 1.807) is 4.90 Å². The molecule has 0 aliphatic heterocycles. The van der Waals surface area contributed by atoms with Gasteiger partial charge in [0.2, 0.25) is 0 Å². The number of carbonyl (C=O) groups excluding carboxylic acids is 2. The quantitative estimate of drug-likeness (QED) is 0.707. The van der Waals surface area contributed by atoms with Gasteiger partial charge in [-0.25, -0.2) is 4.98 Å². The molecule has 0 bridgehead atoms. The number of ether oxygens (including phenoxy) is 1. The maximum atomic E-state index is 13.1. The molecule has 0 aromatic carbocycles. The predicted octanol–water partition coefficient (Wildman–Crippen LogP) is 3.09. The summed E-state index contributed by atoms with van der Waals surface area (Å²) < 4.78 is 5.39. The maximum Gasteiger partial charge on any atom is 0.326 e. The number of hydrogen-bond acceptors (Lipinski definition) is 6. The third-order valence-corrected chi connectivity index (χ3v) is 5.05. The molecule has 0 saturated carbocycles. The molecule has 7 heteroatoms. The van der Waals surface area contributed by atoms with E-state index in [1.165, 1.54) is 11.3 Å². The first-order valence-electron chi connectivity index (χ1n) is 8.84. The lowest BCUT2D eigenvalue weighted by Gasteiger charge is -2.26. The number of esters is 1. The monoisotopic (exact) mass is 383 g/mol. The second-order valence-electron chi connectivity index (χ2n) is 8.80. The molecule has 26 heavy (non-hydrogen) atoms. The molecular weight excluding hydrogens is 350 g/mol. The Bertz CT molecular complexity index is 639. The predicted molar refractivity (Wildman–Crippen MR) is 106 cm³/mol. The standard InChI is InChI=1S/C19H33N3O3S/c1-13-15(26-17(20-13)18(2,3)4)16(24)22(11-10-21(8)9)12-14(23)25-19(5,6)7/h10-12H2,1-9H3. The summed E-state index contributed by atoms with van der Waals surface area (Å²) in [5.74, 6) is -0.564. The Morgan fingerprint density at radius 1 is 1.08 bits per heavy atom. The summed E-state index contributed by atoms with van der Waals surface area (Å²) in [5, 5.41) is 0.920. The topological polar surface area (TPSA) is 62.7 Å². The van der Waals surface area contributed by atoms with E-state index in [-0.39, 0.29) is 17.9 Å². The fraction of sp³-hybridized carbons (Fsp3) is 0.737. The number of likely N-dealkylation sites (N-methyl/N-ethyl adjacent to an activating group) is 1. The van der Waals surface area contributed by atoms with Crippen molar-refractivity contribution in [1.82, 2.24) is 14.8 Å². The molecule has 0 fully saturated rings. The number of carbonyl (C=O) groups is 2. The molecule has 148 valence electrons. The van der Waals surface area contributed by atoms with Crippen molar-refractivity contribution >= 4 is 23.2 Å². The van der Waals surface area contributed by atoms with Crippen molar-refractivity contribution < 1.29 is 14.3 Å². The van der Waals surface area contributed by atoms with Crippen LogP contribution in [0.3, 0.4) is 0 Å². The number of aromatic nitrogens is 1. The Labute approximate surface area is 161 Å². The Morgan fingerprint density at radius 3 is 2.08 bits per heavy atom. The third kappa shape index (κ3) is 7.03. The van der Waals surface area contributed by atoms with Crippen LogP contribution < -0.4 is 0 Å². The van der Waals surface area contributed by atoms with Gasteiger partial charge in [0.15, 0.2) is 0 Å². The smallest absolute Gasteiger partial charge is 0.326 e. The first-order chi connectivity index (χ1) is 11.7. The molecule has 0 unspecified atom stereocenters. The third-order valence-electron chi connectivity index (χ3n) is 3.48. The number of hydrogen-bond donors (Lipinski definition) is 0. The Morgan fingerprint density at radius 2 is 1.65 bits per heavy atom. The minimum Gasteiger partial charge on any atom is -0.459 e. The van der Waals surface area contributed by atoms with Gasteiger partial charge >= 0.3 is 5.97 Å². The molecule has 1 aromatic heterocycles. The lowest BCUT2D eigenvalue weighted by Crippen LogP contribution is -2.42. The first-order valence-corrected chi connectivity index (χ1v) is 9.66. The zero-order valence-corrected chi connectivity index (χ0v) is 18.4. The van der Waals surface area contributed by atoms with Crippen molar-refractivity contribution in [3.05, 3.63) is 15.6 Å². The minimum atomic E-state index is -0.576. The summed E-state index contributed by atoms with van der Waals surface area (Å²) in [7, 11) is 3.87. The normalized spacial score (nSPS) is 12.4. The Kier molecular flexibility index (Phi) is 7.36. The summed E-state index contributed by atoms with van der Waals surface area (Å²) in [6, 6.07) is 0. The molecule has 0 spiro atoms. The van der Waals surface area contributed by atoms with Gasteiger partial charge in [0.25, 0.3) is 5.91 Å². The summed E-state index contributed by atoms with van der Waals surface area (Å²) >= 11 is 1.41. The molecule has 1 rings (SSSR count). The van der Waals surface area contributed by atoms with Gasteiger partial charge in [-0.3, -0.25) is 9.59 Å². The van der Waals surface area contributed by atoms with E-state index in [9.17, 15) is 9.59 Å². The largest absolute Gasteiger partial charge is 0.459 e. The number of thiazole rings is 1. The van der Waals surface area contributed by atoms with Gasteiger partial charge in [0, 0.05) is 18.5 Å². The van der Waals surface area contributed by atoms with Crippen LogP contribution in [-0.4, -0.2) is 66.0 Å². The Hall–Kier alpha value is -1.47. The summed E-state index contributed by atoms with van der Waals surface area (Å²) in [6.45, 7) is 14.6. The number of aryl methyl sites for hydroxylation is 1. The van der Waals surface area contributed by atoms with Crippen LogP contribution in [0.2, 0.25) is 0 Å². The van der Waals surface area contributed by atoms with Gasteiger partial charge in [-0.05, 0) is 41.8 Å². The van der Waals surface area contributed by atoms with E-state index in [4.69, 9.17) is 4.74 Å². The van der Waals surface area contributed by atoms with Gasteiger partial charge in [-0.15, -0.1) is 11.3 Å². The highest BCUT2D eigenvalue weighted by molar-refractivity contribution is 7.14. The van der Waals surface area contributed by atoms with Crippen molar-refractivity contribution in [3.8, 4) is 0 Å². The molecule has 0 atom stereocenters. The van der Waals surface area contributed by atoms with E-state index in [0.29, 0.717) is 23.7 Å². The zero-order valence-electron chi connectivity index (χ0n) is 17.6. The van der Waals surface area contributed by atoms with E-state index in [2.05, 4.69) is 25.8 Å². The van der Waals surface area contributed by atoms with Gasteiger partial charge in [-0.2, -0.15) is 0 Å². The van der Waals surface area contributed by atoms with Crippen molar-refractivity contribution in [1.29, 1.82) is 0 Å². The van der Waals surface area contributed by atoms with Crippen LogP contribution in [0.5, 0.6) is 0 Å². The van der Waals surface area contributed by atoms with Crippen LogP contribution in [-0.2, 0) is 14.9 Å². The molecular formula is C19H33N3O3S. The fourth-order valence-electron chi connectivity index (χ4n) is 2.16. The highest BCUT2D eigenvalue weighted by Crippen LogP contribution is 2.30. The van der Waals surface area contributed by atoms with E-state index >= 15 is 0 Å². The number of nitrogens with zero attached hydrogens (tertiary/aromatic N) is 3. The summed E-state index contributed by atoms with van der Waals surface area (Å²) in [6.07, 6.45) is 0. The molecule has 0 saturated heterocycles. The number of amides is 1. The first kappa shape index (κ1) is 22.6. The summed E-state index contributed by atoms with van der Waals surface area (Å²) in [4.78, 5) is 34.0. The summed E-state index contributed by atoms with van der Waals surface area (Å²) in [5.41, 5.74) is 0.0183. The fourth-order valence-corrected chi connectivity index (χ4v) is 3.25. The second kappa shape index (κ2) is 8.48. The van der Waals surface area contributed by atoms with Gasteiger partial charge in [-0.1, -0.05) is 20.8 Å². The van der Waals surface area contributed by atoms with Gasteiger partial charge in [0.1, 0.15) is 17.0 Å². The zero-order chi connectivity index (χ0) is 20.3. The van der Waals surface area contributed by atoms with Crippen LogP contribution in [0.4, 0.5) is 0 Å². The van der Waals surface area contributed by atoms with Crippen LogP contribution in [0, 0.1) is 6.92 Å². The Balaban J connectivity index is 3.04. The lowest BCUT2D eigenvalue weighted by molar-refractivity contribution is -0.155. The molecule has 0 aliphatic rings. The van der Waals surface area contributed by atoms with Crippen LogP contribution in [0.1, 0.15) is 61.9 Å². The van der Waals surface area contributed by atoms with E-state index < -0.39 is 11.6 Å². The lowest BCUT2D eigenvalue weighted by atomic mass is 9.98. The highest BCUT2D eigenvalue weighted by Gasteiger charge is 2.28. The molecule has 0 radical (unpaired) electrons. The molecule has 1 heterocycles. The maximum absolute atomic E-state index is 13.1. The van der Waals surface area contributed by atoms with Crippen molar-refractivity contribution in [2.24, 2.45) is 0 Å². The van der Waals surface area contributed by atoms with Crippen LogP contribution in [0.25, 0.3) is 0 Å². The molecule has 6 nitrogen and oxygen atoms in total. The molecule has 1 aromatic rings. The molecule has 0 aliphatic carbocycles. The average Bonchev–Trinajstić information content (AvgIpc) is 2.82. The van der Waals surface area contributed by atoms with Gasteiger partial charge in [0.05, 0.1) is 10.7 Å². The van der Waals surface area contributed by atoms with Crippen LogP contribution in [0.15, 0.2) is 0 Å². The van der Waals surface area contributed by atoms with E-state index in [0.717, 1.165) is 5.01 Å². The SMILES string of the molecule is Cc1nc(C(C)(C)C)sc1C(=O)N(CCN(C)C)CC(=O)OC(C)(C)C. The highest BCUT2D eigenvalue weighted by atomic mass is 32.1.